The first kappa shape index (κ1) is 18.0. The summed E-state index contributed by atoms with van der Waals surface area (Å²) in [7, 11) is 0. The highest BCUT2D eigenvalue weighted by Gasteiger charge is 2.30. The first-order valence-electron chi connectivity index (χ1n) is 8.84. The molecule has 26 heavy (non-hydrogen) atoms. The van der Waals surface area contributed by atoms with Crippen LogP contribution in [-0.4, -0.2) is 55.8 Å². The second-order valence-electron chi connectivity index (χ2n) is 6.72. The minimum Gasteiger partial charge on any atom is -0.348 e. The van der Waals surface area contributed by atoms with Gasteiger partial charge in [0.2, 0.25) is 11.8 Å². The van der Waals surface area contributed by atoms with Crippen LogP contribution in [0.4, 0.5) is 0 Å². The highest BCUT2D eigenvalue weighted by molar-refractivity contribution is 5.87. The molecule has 1 atom stereocenters. The minimum atomic E-state index is -0.578. The highest BCUT2D eigenvalue weighted by atomic mass is 16.2. The summed E-state index contributed by atoms with van der Waals surface area (Å²) in [5.41, 5.74) is 2.99. The fourth-order valence-electron chi connectivity index (χ4n) is 3.49. The summed E-state index contributed by atoms with van der Waals surface area (Å²) in [6.07, 6.45) is 8.78. The number of aromatic amines is 1. The van der Waals surface area contributed by atoms with Crippen LogP contribution in [0.2, 0.25) is 0 Å². The van der Waals surface area contributed by atoms with Crippen LogP contribution in [0, 0.1) is 6.92 Å². The number of nitrogens with zero attached hydrogens (tertiary/aromatic N) is 4. The molecule has 2 N–H and O–H groups in total. The van der Waals surface area contributed by atoms with Gasteiger partial charge in [0.25, 0.3) is 0 Å². The average Bonchev–Trinajstić information content (AvgIpc) is 3.14. The Hall–Kier alpha value is -2.77. The molecular formula is C18H24N6O2. The fourth-order valence-corrected chi connectivity index (χ4v) is 3.49. The second-order valence-corrected chi connectivity index (χ2v) is 6.72. The van der Waals surface area contributed by atoms with Crippen molar-refractivity contribution in [1.29, 1.82) is 0 Å². The zero-order chi connectivity index (χ0) is 18.5. The van der Waals surface area contributed by atoms with Gasteiger partial charge < -0.3 is 15.2 Å². The van der Waals surface area contributed by atoms with Gasteiger partial charge in [-0.05, 0) is 25.3 Å². The summed E-state index contributed by atoms with van der Waals surface area (Å²) in [6, 6.07) is -0.578. The Morgan fingerprint density at radius 3 is 2.69 bits per heavy atom. The normalized spacial score (nSPS) is 16.3. The molecular weight excluding hydrogens is 332 g/mol. The van der Waals surface area contributed by atoms with Crippen LogP contribution in [0.25, 0.3) is 0 Å². The Morgan fingerprint density at radius 2 is 2.08 bits per heavy atom. The molecule has 0 radical (unpaired) electrons. The van der Waals surface area contributed by atoms with Crippen LogP contribution in [0.1, 0.15) is 42.6 Å². The molecule has 0 aliphatic carbocycles. The summed E-state index contributed by atoms with van der Waals surface area (Å²) < 4.78 is 0. The Morgan fingerprint density at radius 1 is 1.31 bits per heavy atom. The van der Waals surface area contributed by atoms with E-state index in [9.17, 15) is 9.59 Å². The lowest BCUT2D eigenvalue weighted by molar-refractivity contribution is -0.137. The molecule has 1 aliphatic rings. The maximum Gasteiger partial charge on any atom is 0.245 e. The van der Waals surface area contributed by atoms with Gasteiger partial charge in [-0.25, -0.2) is 15.0 Å². The molecule has 8 heteroatoms. The Kier molecular flexibility index (Phi) is 5.60. The number of rotatable bonds is 5. The first-order valence-corrected chi connectivity index (χ1v) is 8.84. The number of nitrogens with one attached hydrogen (secondary N) is 2. The number of amides is 2. The summed E-state index contributed by atoms with van der Waals surface area (Å²) in [6.45, 7) is 4.76. The molecule has 138 valence electrons. The van der Waals surface area contributed by atoms with Gasteiger partial charge in [0.15, 0.2) is 0 Å². The zero-order valence-corrected chi connectivity index (χ0v) is 15.1. The van der Waals surface area contributed by atoms with E-state index in [2.05, 4.69) is 25.3 Å². The number of carbonyl (C=O) groups excluding carboxylic acids is 2. The molecule has 2 amide bonds. The summed E-state index contributed by atoms with van der Waals surface area (Å²) in [5.74, 6) is 0.0795. The highest BCUT2D eigenvalue weighted by Crippen LogP contribution is 2.28. The van der Waals surface area contributed by atoms with Crippen molar-refractivity contribution in [1.82, 2.24) is 30.2 Å². The van der Waals surface area contributed by atoms with Gasteiger partial charge in [0.1, 0.15) is 12.4 Å². The third-order valence-corrected chi connectivity index (χ3v) is 4.78. The lowest BCUT2D eigenvalue weighted by atomic mass is 9.91. The molecule has 0 unspecified atom stereocenters. The van der Waals surface area contributed by atoms with E-state index in [0.717, 1.165) is 29.8 Å². The topological polar surface area (TPSA) is 104 Å². The summed E-state index contributed by atoms with van der Waals surface area (Å²) >= 11 is 0. The van der Waals surface area contributed by atoms with E-state index < -0.39 is 6.04 Å². The molecule has 8 nitrogen and oxygen atoms in total. The number of H-pyrrole nitrogens is 1. The predicted octanol–water partition coefficient (Wildman–Crippen LogP) is 0.962. The minimum absolute atomic E-state index is 0.0485. The third kappa shape index (κ3) is 4.25. The largest absolute Gasteiger partial charge is 0.348 e. The van der Waals surface area contributed by atoms with Crippen LogP contribution in [0.5, 0.6) is 0 Å². The monoisotopic (exact) mass is 356 g/mol. The van der Waals surface area contributed by atoms with Crippen molar-refractivity contribution in [2.75, 3.05) is 13.1 Å². The van der Waals surface area contributed by atoms with Gasteiger partial charge in [-0.3, -0.25) is 9.59 Å². The fraction of sp³-hybridized carbons (Fsp3) is 0.500. The number of hydrogen-bond donors (Lipinski definition) is 2. The van der Waals surface area contributed by atoms with Crippen LogP contribution in [-0.2, 0) is 16.0 Å². The van der Waals surface area contributed by atoms with Crippen molar-refractivity contribution in [3.63, 3.8) is 0 Å². The van der Waals surface area contributed by atoms with E-state index in [1.54, 1.807) is 18.9 Å². The van der Waals surface area contributed by atoms with Crippen molar-refractivity contribution in [3.05, 3.63) is 42.0 Å². The lowest BCUT2D eigenvalue weighted by Gasteiger charge is -2.34. The van der Waals surface area contributed by atoms with Gasteiger partial charge in [0, 0.05) is 56.1 Å². The third-order valence-electron chi connectivity index (χ3n) is 4.78. The molecule has 1 aliphatic heterocycles. The maximum atomic E-state index is 12.9. The van der Waals surface area contributed by atoms with E-state index in [-0.39, 0.29) is 11.8 Å². The molecule has 1 fully saturated rings. The number of aryl methyl sites for hydroxylation is 1. The SMILES string of the molecule is CC(=O)N[C@@H](Cc1cnc[nH]1)C(=O)N1CCC(c2ncncc2C)CC1. The molecule has 1 saturated heterocycles. The molecule has 0 saturated carbocycles. The molecule has 2 aromatic heterocycles. The van der Waals surface area contributed by atoms with Crippen LogP contribution in [0.3, 0.4) is 0 Å². The van der Waals surface area contributed by atoms with Crippen molar-refractivity contribution >= 4 is 11.8 Å². The van der Waals surface area contributed by atoms with E-state index in [0.29, 0.717) is 25.4 Å². The summed E-state index contributed by atoms with van der Waals surface area (Å²) in [5, 5.41) is 2.77. The van der Waals surface area contributed by atoms with E-state index >= 15 is 0 Å². The van der Waals surface area contributed by atoms with E-state index in [4.69, 9.17) is 0 Å². The van der Waals surface area contributed by atoms with E-state index in [1.807, 2.05) is 18.0 Å². The van der Waals surface area contributed by atoms with Gasteiger partial charge in [-0.2, -0.15) is 0 Å². The smallest absolute Gasteiger partial charge is 0.245 e. The van der Waals surface area contributed by atoms with Crippen molar-refractivity contribution in [2.45, 2.75) is 45.1 Å². The number of imidazole rings is 1. The number of carbonyl (C=O) groups is 2. The average molecular weight is 356 g/mol. The molecule has 2 aromatic rings. The number of likely N-dealkylation sites (tertiary alicyclic amines) is 1. The van der Waals surface area contributed by atoms with Crippen molar-refractivity contribution < 1.29 is 9.59 Å². The summed E-state index contributed by atoms with van der Waals surface area (Å²) in [4.78, 5) is 41.7. The first-order chi connectivity index (χ1) is 12.5. The van der Waals surface area contributed by atoms with Gasteiger partial charge in [0.05, 0.1) is 6.33 Å². The number of piperidine rings is 1. The van der Waals surface area contributed by atoms with Crippen LogP contribution in [0.15, 0.2) is 25.0 Å². The Bertz CT molecular complexity index is 753. The molecule has 0 spiro atoms. The molecule has 0 aromatic carbocycles. The standard InChI is InChI=1S/C18H24N6O2/c1-12-8-19-11-22-17(12)14-3-5-24(6-4-14)18(26)16(23-13(2)25)7-15-9-20-10-21-15/h8-11,14,16H,3-7H2,1-2H3,(H,20,21)(H,23,25)/t16-/m0/s1. The molecule has 0 bridgehead atoms. The van der Waals surface area contributed by atoms with Gasteiger partial charge >= 0.3 is 0 Å². The maximum absolute atomic E-state index is 12.9. The van der Waals surface area contributed by atoms with Crippen LogP contribution >= 0.6 is 0 Å². The van der Waals surface area contributed by atoms with Crippen molar-refractivity contribution in [2.24, 2.45) is 0 Å². The quantitative estimate of drug-likeness (QED) is 0.830. The Balaban J connectivity index is 1.63. The molecule has 3 heterocycles. The lowest BCUT2D eigenvalue weighted by Crippen LogP contribution is -2.51. The van der Waals surface area contributed by atoms with E-state index in [1.165, 1.54) is 6.92 Å². The van der Waals surface area contributed by atoms with Crippen LogP contribution < -0.4 is 5.32 Å². The second kappa shape index (κ2) is 8.07. The van der Waals surface area contributed by atoms with Crippen molar-refractivity contribution in [3.8, 4) is 0 Å². The predicted molar refractivity (Wildman–Crippen MR) is 95.2 cm³/mol. The number of aromatic nitrogens is 4. The zero-order valence-electron chi connectivity index (χ0n) is 15.1. The van der Waals surface area contributed by atoms with Gasteiger partial charge in [-0.1, -0.05) is 0 Å². The molecule has 3 rings (SSSR count). The number of hydrogen-bond acceptors (Lipinski definition) is 5. The van der Waals surface area contributed by atoms with Gasteiger partial charge in [-0.15, -0.1) is 0 Å². The Labute approximate surface area is 152 Å².